The van der Waals surface area contributed by atoms with Crippen LogP contribution in [0.15, 0.2) is 11.6 Å². The molecule has 1 fully saturated rings. The molecule has 6 heteroatoms. The van der Waals surface area contributed by atoms with Crippen molar-refractivity contribution in [2.75, 3.05) is 39.3 Å². The van der Waals surface area contributed by atoms with Gasteiger partial charge < -0.3 is 14.9 Å². The highest BCUT2D eigenvalue weighted by Crippen LogP contribution is 2.14. The highest BCUT2D eigenvalue weighted by Gasteiger charge is 2.29. The number of piperazine rings is 1. The van der Waals surface area contributed by atoms with E-state index in [2.05, 4.69) is 6.08 Å². The van der Waals surface area contributed by atoms with Crippen LogP contribution >= 0.6 is 0 Å². The zero-order chi connectivity index (χ0) is 14.7. The van der Waals surface area contributed by atoms with E-state index in [1.165, 1.54) is 5.57 Å². The summed E-state index contributed by atoms with van der Waals surface area (Å²) in [5, 5.41) is 9.01. The summed E-state index contributed by atoms with van der Waals surface area (Å²) < 4.78 is 0. The Balaban J connectivity index is 1.86. The summed E-state index contributed by atoms with van der Waals surface area (Å²) in [6.45, 7) is 7.70. The van der Waals surface area contributed by atoms with Gasteiger partial charge in [0.2, 0.25) is 0 Å². The first-order chi connectivity index (χ1) is 9.49. The number of aliphatic carboxylic acids is 1. The minimum absolute atomic E-state index is 0.0834. The number of carboxylic acid groups (broad SMARTS) is 1. The monoisotopic (exact) mass is 281 g/mol. The first-order valence-electron chi connectivity index (χ1n) is 7.15. The molecule has 1 atom stereocenters. The van der Waals surface area contributed by atoms with Crippen LogP contribution in [0, 0.1) is 0 Å². The Bertz CT molecular complexity index is 414. The Morgan fingerprint density at radius 1 is 1.15 bits per heavy atom. The Labute approximate surface area is 119 Å². The summed E-state index contributed by atoms with van der Waals surface area (Å²) in [7, 11) is 0. The molecule has 2 rings (SSSR count). The highest BCUT2D eigenvalue weighted by atomic mass is 16.4. The number of nitrogens with zero attached hydrogens (tertiary/aromatic N) is 3. The largest absolute Gasteiger partial charge is 0.480 e. The predicted molar refractivity (Wildman–Crippen MR) is 75.6 cm³/mol. The molecule has 0 spiro atoms. The van der Waals surface area contributed by atoms with Gasteiger partial charge in [-0.1, -0.05) is 11.6 Å². The van der Waals surface area contributed by atoms with Gasteiger partial charge in [0.1, 0.15) is 6.04 Å². The molecule has 0 aromatic carbocycles. The van der Waals surface area contributed by atoms with Crippen molar-refractivity contribution in [1.82, 2.24) is 14.7 Å². The SMILES string of the molecule is CC1=CCCN(C(=O)N2CCN(C(C)C(=O)O)CC2)C1. The fourth-order valence-corrected chi connectivity index (χ4v) is 2.73. The van der Waals surface area contributed by atoms with E-state index in [9.17, 15) is 9.59 Å². The van der Waals surface area contributed by atoms with Gasteiger partial charge in [-0.25, -0.2) is 4.79 Å². The van der Waals surface area contributed by atoms with E-state index in [1.54, 1.807) is 6.92 Å². The Hall–Kier alpha value is -1.56. The molecule has 0 saturated carbocycles. The smallest absolute Gasteiger partial charge is 0.320 e. The minimum Gasteiger partial charge on any atom is -0.480 e. The molecule has 2 amide bonds. The summed E-state index contributed by atoms with van der Waals surface area (Å²) in [6, 6.07) is -0.396. The van der Waals surface area contributed by atoms with Crippen molar-refractivity contribution < 1.29 is 14.7 Å². The van der Waals surface area contributed by atoms with Gasteiger partial charge in [-0.15, -0.1) is 0 Å². The number of hydrogen-bond acceptors (Lipinski definition) is 3. The summed E-state index contributed by atoms with van der Waals surface area (Å²) in [5.41, 5.74) is 1.24. The molecule has 0 radical (unpaired) electrons. The number of amides is 2. The van der Waals surface area contributed by atoms with Crippen LogP contribution < -0.4 is 0 Å². The van der Waals surface area contributed by atoms with E-state index in [0.29, 0.717) is 32.7 Å². The number of rotatable bonds is 2. The second kappa shape index (κ2) is 6.26. The maximum atomic E-state index is 12.4. The molecule has 6 nitrogen and oxygen atoms in total. The van der Waals surface area contributed by atoms with Crippen molar-refractivity contribution in [3.05, 3.63) is 11.6 Å². The summed E-state index contributed by atoms with van der Waals surface area (Å²) >= 11 is 0. The molecule has 0 aliphatic carbocycles. The van der Waals surface area contributed by atoms with E-state index in [-0.39, 0.29) is 6.03 Å². The van der Waals surface area contributed by atoms with Gasteiger partial charge >= 0.3 is 12.0 Å². The maximum absolute atomic E-state index is 12.4. The van der Waals surface area contributed by atoms with Crippen molar-refractivity contribution in [2.24, 2.45) is 0 Å². The van der Waals surface area contributed by atoms with Crippen LogP contribution in [0.1, 0.15) is 20.3 Å². The van der Waals surface area contributed by atoms with Gasteiger partial charge in [0.15, 0.2) is 0 Å². The van der Waals surface area contributed by atoms with Crippen LogP contribution in [0.5, 0.6) is 0 Å². The molecule has 1 unspecified atom stereocenters. The van der Waals surface area contributed by atoms with Crippen LogP contribution in [-0.2, 0) is 4.79 Å². The first-order valence-corrected chi connectivity index (χ1v) is 7.15. The fraction of sp³-hybridized carbons (Fsp3) is 0.714. The van der Waals surface area contributed by atoms with Crippen molar-refractivity contribution >= 4 is 12.0 Å². The van der Waals surface area contributed by atoms with Crippen molar-refractivity contribution in [1.29, 1.82) is 0 Å². The van der Waals surface area contributed by atoms with Crippen molar-refractivity contribution in [3.63, 3.8) is 0 Å². The zero-order valence-electron chi connectivity index (χ0n) is 12.2. The van der Waals surface area contributed by atoms with Gasteiger partial charge in [-0.2, -0.15) is 0 Å². The third-order valence-electron chi connectivity index (χ3n) is 4.09. The lowest BCUT2D eigenvalue weighted by atomic mass is 10.1. The van der Waals surface area contributed by atoms with Crippen LogP contribution in [0.2, 0.25) is 0 Å². The van der Waals surface area contributed by atoms with Gasteiger partial charge in [0, 0.05) is 39.3 Å². The van der Waals surface area contributed by atoms with E-state index in [0.717, 1.165) is 13.0 Å². The number of carbonyl (C=O) groups is 2. The molecule has 1 saturated heterocycles. The average Bonchev–Trinajstić information content (AvgIpc) is 2.46. The number of carboxylic acids is 1. The third-order valence-corrected chi connectivity index (χ3v) is 4.09. The number of urea groups is 1. The Morgan fingerprint density at radius 3 is 2.35 bits per heavy atom. The highest BCUT2D eigenvalue weighted by molar-refractivity contribution is 5.75. The fourth-order valence-electron chi connectivity index (χ4n) is 2.73. The minimum atomic E-state index is -0.804. The van der Waals surface area contributed by atoms with Crippen LogP contribution in [-0.4, -0.2) is 77.1 Å². The predicted octanol–water partition coefficient (Wildman–Crippen LogP) is 0.849. The lowest BCUT2D eigenvalue weighted by Gasteiger charge is -2.39. The molecule has 2 aliphatic rings. The van der Waals surface area contributed by atoms with E-state index >= 15 is 0 Å². The molecular weight excluding hydrogens is 258 g/mol. The average molecular weight is 281 g/mol. The second-order valence-corrected chi connectivity index (χ2v) is 5.58. The standard InChI is InChI=1S/C14H23N3O3/c1-11-4-3-5-17(10-11)14(20)16-8-6-15(7-9-16)12(2)13(18)19/h4,12H,3,5-10H2,1-2H3,(H,18,19). The molecule has 0 bridgehead atoms. The Morgan fingerprint density at radius 2 is 1.80 bits per heavy atom. The van der Waals surface area contributed by atoms with Gasteiger partial charge in [0.25, 0.3) is 0 Å². The van der Waals surface area contributed by atoms with Crippen molar-refractivity contribution in [2.45, 2.75) is 26.3 Å². The van der Waals surface area contributed by atoms with E-state index in [1.807, 2.05) is 21.6 Å². The van der Waals surface area contributed by atoms with Gasteiger partial charge in [-0.05, 0) is 20.3 Å². The third kappa shape index (κ3) is 3.30. The number of hydrogen-bond donors (Lipinski definition) is 1. The van der Waals surface area contributed by atoms with E-state index < -0.39 is 12.0 Å². The summed E-state index contributed by atoms with van der Waals surface area (Å²) in [6.07, 6.45) is 3.10. The lowest BCUT2D eigenvalue weighted by Crippen LogP contribution is -2.56. The second-order valence-electron chi connectivity index (χ2n) is 5.58. The van der Waals surface area contributed by atoms with Crippen LogP contribution in [0.4, 0.5) is 4.79 Å². The zero-order valence-corrected chi connectivity index (χ0v) is 12.2. The molecule has 0 aromatic heterocycles. The molecule has 20 heavy (non-hydrogen) atoms. The molecular formula is C14H23N3O3. The summed E-state index contributed by atoms with van der Waals surface area (Å²) in [4.78, 5) is 29.0. The van der Waals surface area contributed by atoms with E-state index in [4.69, 9.17) is 5.11 Å². The van der Waals surface area contributed by atoms with Gasteiger partial charge in [0.05, 0.1) is 0 Å². The summed E-state index contributed by atoms with van der Waals surface area (Å²) in [5.74, 6) is -0.804. The first kappa shape index (κ1) is 14.8. The normalized spacial score (nSPS) is 22.4. The topological polar surface area (TPSA) is 64.1 Å². The maximum Gasteiger partial charge on any atom is 0.320 e. The molecule has 2 heterocycles. The molecule has 1 N–H and O–H groups in total. The molecule has 0 aromatic rings. The van der Waals surface area contributed by atoms with Gasteiger partial charge in [-0.3, -0.25) is 9.69 Å². The molecule has 112 valence electrons. The quantitative estimate of drug-likeness (QED) is 0.762. The van der Waals surface area contributed by atoms with Crippen molar-refractivity contribution in [3.8, 4) is 0 Å². The van der Waals surface area contributed by atoms with Crippen LogP contribution in [0.25, 0.3) is 0 Å². The Kier molecular flexibility index (Phi) is 4.65. The number of carbonyl (C=O) groups excluding carboxylic acids is 1. The molecule has 2 aliphatic heterocycles. The lowest BCUT2D eigenvalue weighted by molar-refractivity contribution is -0.143. The van der Waals surface area contributed by atoms with Crippen LogP contribution in [0.3, 0.4) is 0 Å².